The molecule has 0 radical (unpaired) electrons. The lowest BCUT2D eigenvalue weighted by atomic mass is 9.76. The third-order valence-corrected chi connectivity index (χ3v) is 3.54. The van der Waals surface area contributed by atoms with Crippen LogP contribution in [0.25, 0.3) is 0 Å². The Kier molecular flexibility index (Phi) is 5.57. The van der Waals surface area contributed by atoms with Crippen LogP contribution in [0, 0.1) is 17.2 Å². The molecular weight excluding hydrogens is 253 g/mol. The second kappa shape index (κ2) is 6.50. The Morgan fingerprint density at radius 1 is 1.44 bits per heavy atom. The topological polar surface area (TPSA) is 46.2 Å². The van der Waals surface area contributed by atoms with Crippen LogP contribution in [0.4, 0.5) is 4.39 Å². The van der Waals surface area contributed by atoms with Gasteiger partial charge in [0.25, 0.3) is 0 Å². The molecule has 0 saturated carbocycles. The zero-order valence-electron chi connectivity index (χ0n) is 10.9. The SMILES string of the molecule is CC(C)CC(CN)(CO)Cc1ccc(F)cc1Cl. The van der Waals surface area contributed by atoms with Crippen molar-refractivity contribution >= 4 is 11.6 Å². The summed E-state index contributed by atoms with van der Waals surface area (Å²) in [7, 11) is 0. The fourth-order valence-corrected chi connectivity index (χ4v) is 2.58. The molecule has 0 saturated heterocycles. The summed E-state index contributed by atoms with van der Waals surface area (Å²) < 4.78 is 13.0. The van der Waals surface area contributed by atoms with Gasteiger partial charge in [-0.25, -0.2) is 4.39 Å². The van der Waals surface area contributed by atoms with Gasteiger partial charge in [0.15, 0.2) is 0 Å². The molecule has 0 fully saturated rings. The van der Waals surface area contributed by atoms with E-state index in [0.717, 1.165) is 12.0 Å². The standard InChI is InChI=1S/C14H21ClFNO/c1-10(2)6-14(8-17,9-18)7-11-3-4-12(16)5-13(11)15/h3-5,10,18H,6-9,17H2,1-2H3. The van der Waals surface area contributed by atoms with E-state index in [9.17, 15) is 9.50 Å². The maximum Gasteiger partial charge on any atom is 0.124 e. The van der Waals surface area contributed by atoms with Crippen LogP contribution in [0.3, 0.4) is 0 Å². The number of halogens is 2. The van der Waals surface area contributed by atoms with Crippen LogP contribution in [0.1, 0.15) is 25.8 Å². The van der Waals surface area contributed by atoms with Gasteiger partial charge in [0.2, 0.25) is 0 Å². The van der Waals surface area contributed by atoms with Crippen LogP contribution in [-0.2, 0) is 6.42 Å². The molecule has 2 nitrogen and oxygen atoms in total. The monoisotopic (exact) mass is 273 g/mol. The van der Waals surface area contributed by atoms with Crippen molar-refractivity contribution in [1.29, 1.82) is 0 Å². The Bertz CT molecular complexity index is 391. The van der Waals surface area contributed by atoms with Crippen molar-refractivity contribution in [2.75, 3.05) is 13.2 Å². The Labute approximate surface area is 113 Å². The second-order valence-electron chi connectivity index (χ2n) is 5.37. The molecular formula is C14H21ClFNO. The van der Waals surface area contributed by atoms with Crippen LogP contribution < -0.4 is 5.73 Å². The molecule has 0 spiro atoms. The molecule has 1 aromatic rings. The van der Waals surface area contributed by atoms with E-state index in [1.165, 1.54) is 12.1 Å². The predicted molar refractivity (Wildman–Crippen MR) is 73.1 cm³/mol. The van der Waals surface area contributed by atoms with Gasteiger partial charge in [0.05, 0.1) is 6.61 Å². The van der Waals surface area contributed by atoms with Crippen LogP contribution >= 0.6 is 11.6 Å². The largest absolute Gasteiger partial charge is 0.396 e. The van der Waals surface area contributed by atoms with Crippen LogP contribution in [0.15, 0.2) is 18.2 Å². The molecule has 0 aliphatic rings. The minimum absolute atomic E-state index is 0.00931. The number of hydrogen-bond acceptors (Lipinski definition) is 2. The van der Waals surface area contributed by atoms with E-state index < -0.39 is 0 Å². The van der Waals surface area contributed by atoms with Crippen LogP contribution in [0.2, 0.25) is 5.02 Å². The summed E-state index contributed by atoms with van der Waals surface area (Å²) in [5, 5.41) is 10.0. The average molecular weight is 274 g/mol. The normalized spacial score (nSPS) is 14.8. The Morgan fingerprint density at radius 3 is 2.56 bits per heavy atom. The molecule has 0 amide bonds. The van der Waals surface area contributed by atoms with Gasteiger partial charge < -0.3 is 10.8 Å². The van der Waals surface area contributed by atoms with Crippen LogP contribution in [0.5, 0.6) is 0 Å². The highest BCUT2D eigenvalue weighted by Crippen LogP contribution is 2.32. The summed E-state index contributed by atoms with van der Waals surface area (Å²) in [5.74, 6) is 0.0786. The molecule has 102 valence electrons. The van der Waals surface area contributed by atoms with E-state index in [0.29, 0.717) is 23.9 Å². The molecule has 3 N–H and O–H groups in total. The molecule has 1 rings (SSSR count). The first kappa shape index (κ1) is 15.4. The number of aliphatic hydroxyl groups is 1. The minimum atomic E-state index is -0.379. The van der Waals surface area contributed by atoms with Crippen molar-refractivity contribution in [2.24, 2.45) is 17.1 Å². The lowest BCUT2D eigenvalue weighted by Gasteiger charge is -2.32. The van der Waals surface area contributed by atoms with E-state index >= 15 is 0 Å². The van der Waals surface area contributed by atoms with E-state index in [1.54, 1.807) is 6.07 Å². The van der Waals surface area contributed by atoms with Gasteiger partial charge in [0.1, 0.15) is 5.82 Å². The fourth-order valence-electron chi connectivity index (χ4n) is 2.35. The Balaban J connectivity index is 2.95. The van der Waals surface area contributed by atoms with Gasteiger partial charge in [-0.1, -0.05) is 31.5 Å². The van der Waals surface area contributed by atoms with Gasteiger partial charge in [-0.05, 0) is 36.5 Å². The number of benzene rings is 1. The van der Waals surface area contributed by atoms with Crippen molar-refractivity contribution in [1.82, 2.24) is 0 Å². The summed E-state index contributed by atoms with van der Waals surface area (Å²) in [6.45, 7) is 4.57. The molecule has 1 unspecified atom stereocenters. The molecule has 0 aliphatic heterocycles. The molecule has 18 heavy (non-hydrogen) atoms. The van der Waals surface area contributed by atoms with E-state index in [2.05, 4.69) is 13.8 Å². The molecule has 0 heterocycles. The highest BCUT2D eigenvalue weighted by Gasteiger charge is 2.30. The highest BCUT2D eigenvalue weighted by molar-refractivity contribution is 6.31. The highest BCUT2D eigenvalue weighted by atomic mass is 35.5. The maximum atomic E-state index is 13.0. The predicted octanol–water partition coefficient (Wildman–Crippen LogP) is 3.01. The number of nitrogens with two attached hydrogens (primary N) is 1. The van der Waals surface area contributed by atoms with Gasteiger partial charge in [-0.3, -0.25) is 0 Å². The smallest absolute Gasteiger partial charge is 0.124 e. The number of aliphatic hydroxyl groups excluding tert-OH is 1. The molecule has 0 aliphatic carbocycles. The van der Waals surface area contributed by atoms with E-state index in [-0.39, 0.29) is 17.8 Å². The zero-order chi connectivity index (χ0) is 13.8. The van der Waals surface area contributed by atoms with E-state index in [1.807, 2.05) is 0 Å². The number of hydrogen-bond donors (Lipinski definition) is 2. The Morgan fingerprint density at radius 2 is 2.11 bits per heavy atom. The first-order valence-electron chi connectivity index (χ1n) is 6.17. The summed E-state index contributed by atoms with van der Waals surface area (Å²) in [5.41, 5.74) is 6.27. The third-order valence-electron chi connectivity index (χ3n) is 3.19. The first-order chi connectivity index (χ1) is 8.42. The lowest BCUT2D eigenvalue weighted by Crippen LogP contribution is -2.37. The summed E-state index contributed by atoms with van der Waals surface area (Å²) in [6, 6.07) is 4.35. The van der Waals surface area contributed by atoms with Crippen molar-refractivity contribution in [3.8, 4) is 0 Å². The molecule has 0 bridgehead atoms. The third kappa shape index (κ3) is 3.94. The van der Waals surface area contributed by atoms with Crippen molar-refractivity contribution < 1.29 is 9.50 Å². The second-order valence-corrected chi connectivity index (χ2v) is 5.78. The molecule has 1 aromatic carbocycles. The van der Waals surface area contributed by atoms with Gasteiger partial charge in [-0.2, -0.15) is 0 Å². The Hall–Kier alpha value is -0.640. The van der Waals surface area contributed by atoms with E-state index in [4.69, 9.17) is 17.3 Å². The molecule has 4 heteroatoms. The van der Waals surface area contributed by atoms with Crippen LogP contribution in [-0.4, -0.2) is 18.3 Å². The van der Waals surface area contributed by atoms with Gasteiger partial charge in [0, 0.05) is 17.0 Å². The maximum absolute atomic E-state index is 13.0. The molecule has 1 atom stereocenters. The quantitative estimate of drug-likeness (QED) is 0.837. The zero-order valence-corrected chi connectivity index (χ0v) is 11.7. The fraction of sp³-hybridized carbons (Fsp3) is 0.571. The van der Waals surface area contributed by atoms with Gasteiger partial charge in [-0.15, -0.1) is 0 Å². The van der Waals surface area contributed by atoms with Crippen molar-refractivity contribution in [3.05, 3.63) is 34.6 Å². The summed E-state index contributed by atoms with van der Waals surface area (Å²) >= 11 is 6.02. The van der Waals surface area contributed by atoms with Gasteiger partial charge >= 0.3 is 0 Å². The lowest BCUT2D eigenvalue weighted by molar-refractivity contribution is 0.108. The number of rotatable bonds is 6. The van der Waals surface area contributed by atoms with Crippen molar-refractivity contribution in [3.63, 3.8) is 0 Å². The minimum Gasteiger partial charge on any atom is -0.396 e. The summed E-state index contributed by atoms with van der Waals surface area (Å²) in [6.07, 6.45) is 1.38. The molecule has 0 aromatic heterocycles. The average Bonchev–Trinajstić information content (AvgIpc) is 2.31. The van der Waals surface area contributed by atoms with Crippen molar-refractivity contribution in [2.45, 2.75) is 26.7 Å². The first-order valence-corrected chi connectivity index (χ1v) is 6.55. The summed E-state index contributed by atoms with van der Waals surface area (Å²) in [4.78, 5) is 0.